The summed E-state index contributed by atoms with van der Waals surface area (Å²) < 4.78 is 0. The Bertz CT molecular complexity index is 357. The van der Waals surface area contributed by atoms with E-state index in [-0.39, 0.29) is 24.8 Å². The maximum atomic E-state index is 4.71. The van der Waals surface area contributed by atoms with Crippen molar-refractivity contribution >= 4 is 36.2 Å². The standard InChI is InChI=1S/C13H23N3S.2ClH/c1-10(2)13-15-12(9-17-13)8-16-5-4-11(7-16)6-14-3;;/h9-11,14H,4-8H2,1-3H3;2*1H. The summed E-state index contributed by atoms with van der Waals surface area (Å²) in [5, 5.41) is 6.77. The van der Waals surface area contributed by atoms with Crippen LogP contribution in [0.15, 0.2) is 5.38 Å². The molecule has 2 heterocycles. The highest BCUT2D eigenvalue weighted by molar-refractivity contribution is 7.09. The predicted molar refractivity (Wildman–Crippen MR) is 88.0 cm³/mol. The molecule has 112 valence electrons. The number of halogens is 2. The highest BCUT2D eigenvalue weighted by atomic mass is 35.5. The first kappa shape index (κ1) is 19.1. The lowest BCUT2D eigenvalue weighted by Gasteiger charge is -2.14. The quantitative estimate of drug-likeness (QED) is 0.901. The van der Waals surface area contributed by atoms with Crippen LogP contribution in [-0.2, 0) is 6.54 Å². The summed E-state index contributed by atoms with van der Waals surface area (Å²) in [4.78, 5) is 7.23. The Morgan fingerprint density at radius 2 is 2.21 bits per heavy atom. The highest BCUT2D eigenvalue weighted by Crippen LogP contribution is 2.22. The molecule has 1 aromatic heterocycles. The minimum atomic E-state index is 0. The smallest absolute Gasteiger partial charge is 0.0954 e. The SMILES string of the molecule is CNCC1CCN(Cc2csc(C(C)C)n2)C1.Cl.Cl. The first-order valence-corrected chi connectivity index (χ1v) is 7.38. The summed E-state index contributed by atoms with van der Waals surface area (Å²) in [6, 6.07) is 0. The number of nitrogens with one attached hydrogen (secondary N) is 1. The van der Waals surface area contributed by atoms with Gasteiger partial charge in [0.05, 0.1) is 10.7 Å². The second-order valence-electron chi connectivity index (χ2n) is 5.28. The number of hydrogen-bond donors (Lipinski definition) is 1. The molecule has 0 spiro atoms. The molecule has 6 heteroatoms. The van der Waals surface area contributed by atoms with Crippen LogP contribution in [0.2, 0.25) is 0 Å². The topological polar surface area (TPSA) is 28.2 Å². The number of likely N-dealkylation sites (tertiary alicyclic amines) is 1. The van der Waals surface area contributed by atoms with E-state index in [0.29, 0.717) is 5.92 Å². The summed E-state index contributed by atoms with van der Waals surface area (Å²) in [5.41, 5.74) is 1.25. The van der Waals surface area contributed by atoms with Crippen LogP contribution < -0.4 is 5.32 Å². The zero-order chi connectivity index (χ0) is 12.3. The van der Waals surface area contributed by atoms with Gasteiger partial charge in [0.1, 0.15) is 0 Å². The molecule has 0 radical (unpaired) electrons. The van der Waals surface area contributed by atoms with E-state index in [9.17, 15) is 0 Å². The van der Waals surface area contributed by atoms with Crippen molar-refractivity contribution in [3.05, 3.63) is 16.1 Å². The molecule has 1 atom stereocenters. The average molecular weight is 326 g/mol. The fraction of sp³-hybridized carbons (Fsp3) is 0.769. The molecule has 1 aliphatic heterocycles. The Morgan fingerprint density at radius 3 is 2.79 bits per heavy atom. The van der Waals surface area contributed by atoms with Crippen molar-refractivity contribution in [3.63, 3.8) is 0 Å². The molecule has 0 aromatic carbocycles. The molecular formula is C13H25Cl2N3S. The minimum absolute atomic E-state index is 0. The van der Waals surface area contributed by atoms with Gasteiger partial charge in [0.25, 0.3) is 0 Å². The molecule has 1 aromatic rings. The van der Waals surface area contributed by atoms with Gasteiger partial charge in [0, 0.05) is 24.4 Å². The molecule has 1 unspecified atom stereocenters. The lowest BCUT2D eigenvalue weighted by molar-refractivity contribution is 0.312. The van der Waals surface area contributed by atoms with Crippen LogP contribution in [0.1, 0.15) is 36.9 Å². The number of aromatic nitrogens is 1. The van der Waals surface area contributed by atoms with Crippen LogP contribution >= 0.6 is 36.2 Å². The van der Waals surface area contributed by atoms with Crippen LogP contribution in [0, 0.1) is 5.92 Å². The molecule has 0 saturated carbocycles. The van der Waals surface area contributed by atoms with Crippen molar-refractivity contribution in [2.45, 2.75) is 32.7 Å². The summed E-state index contributed by atoms with van der Waals surface area (Å²) in [6.45, 7) is 9.04. The van der Waals surface area contributed by atoms with Gasteiger partial charge in [-0.15, -0.1) is 36.2 Å². The van der Waals surface area contributed by atoms with Gasteiger partial charge < -0.3 is 5.32 Å². The summed E-state index contributed by atoms with van der Waals surface area (Å²) in [7, 11) is 2.04. The van der Waals surface area contributed by atoms with Crippen molar-refractivity contribution in [1.29, 1.82) is 0 Å². The van der Waals surface area contributed by atoms with Gasteiger partial charge in [-0.1, -0.05) is 13.8 Å². The van der Waals surface area contributed by atoms with Gasteiger partial charge >= 0.3 is 0 Å². The van der Waals surface area contributed by atoms with Crippen molar-refractivity contribution in [1.82, 2.24) is 15.2 Å². The van der Waals surface area contributed by atoms with E-state index in [1.165, 1.54) is 30.2 Å². The molecule has 3 nitrogen and oxygen atoms in total. The third kappa shape index (κ3) is 5.56. The van der Waals surface area contributed by atoms with Gasteiger partial charge in [-0.3, -0.25) is 4.90 Å². The molecule has 1 fully saturated rings. The molecule has 0 aliphatic carbocycles. The van der Waals surface area contributed by atoms with Crippen LogP contribution in [0.25, 0.3) is 0 Å². The maximum absolute atomic E-state index is 4.71. The number of nitrogens with zero attached hydrogens (tertiary/aromatic N) is 2. The second kappa shape index (κ2) is 9.14. The normalized spacial score (nSPS) is 19.3. The Balaban J connectivity index is 0.00000162. The van der Waals surface area contributed by atoms with E-state index in [4.69, 9.17) is 4.98 Å². The third-order valence-electron chi connectivity index (χ3n) is 3.31. The van der Waals surface area contributed by atoms with E-state index < -0.39 is 0 Å². The zero-order valence-electron chi connectivity index (χ0n) is 11.9. The van der Waals surface area contributed by atoms with Gasteiger partial charge in [-0.05, 0) is 32.5 Å². The average Bonchev–Trinajstić information content (AvgIpc) is 2.89. The summed E-state index contributed by atoms with van der Waals surface area (Å²) in [5.74, 6) is 1.38. The largest absolute Gasteiger partial charge is 0.319 e. The second-order valence-corrected chi connectivity index (χ2v) is 6.17. The number of hydrogen-bond acceptors (Lipinski definition) is 4. The predicted octanol–water partition coefficient (Wildman–Crippen LogP) is 3.15. The van der Waals surface area contributed by atoms with Gasteiger partial charge in [-0.2, -0.15) is 0 Å². The van der Waals surface area contributed by atoms with Gasteiger partial charge in [0.15, 0.2) is 0 Å². The van der Waals surface area contributed by atoms with Crippen molar-refractivity contribution in [2.24, 2.45) is 5.92 Å². The highest BCUT2D eigenvalue weighted by Gasteiger charge is 2.22. The van der Waals surface area contributed by atoms with Crippen molar-refractivity contribution < 1.29 is 0 Å². The lowest BCUT2D eigenvalue weighted by Crippen LogP contribution is -2.24. The van der Waals surface area contributed by atoms with Crippen LogP contribution in [0.5, 0.6) is 0 Å². The molecular weight excluding hydrogens is 301 g/mol. The third-order valence-corrected chi connectivity index (χ3v) is 4.51. The zero-order valence-corrected chi connectivity index (χ0v) is 14.3. The van der Waals surface area contributed by atoms with Crippen LogP contribution in [-0.4, -0.2) is 36.6 Å². The van der Waals surface area contributed by atoms with E-state index in [1.54, 1.807) is 11.3 Å². The Morgan fingerprint density at radius 1 is 1.47 bits per heavy atom. The Hall–Kier alpha value is 0.130. The van der Waals surface area contributed by atoms with Crippen LogP contribution in [0.4, 0.5) is 0 Å². The maximum Gasteiger partial charge on any atom is 0.0954 e. The van der Waals surface area contributed by atoms with E-state index in [2.05, 4.69) is 29.4 Å². The molecule has 2 rings (SSSR count). The van der Waals surface area contributed by atoms with Crippen molar-refractivity contribution in [3.8, 4) is 0 Å². The number of thiazole rings is 1. The Labute approximate surface area is 133 Å². The monoisotopic (exact) mass is 325 g/mol. The lowest BCUT2D eigenvalue weighted by atomic mass is 10.1. The molecule has 0 bridgehead atoms. The Kier molecular flexibility index (Phi) is 9.20. The summed E-state index contributed by atoms with van der Waals surface area (Å²) >= 11 is 1.80. The number of rotatable bonds is 5. The molecule has 0 amide bonds. The summed E-state index contributed by atoms with van der Waals surface area (Å²) in [6.07, 6.45) is 1.32. The molecule has 19 heavy (non-hydrogen) atoms. The van der Waals surface area contributed by atoms with Crippen molar-refractivity contribution in [2.75, 3.05) is 26.7 Å². The van der Waals surface area contributed by atoms with Gasteiger partial charge in [-0.25, -0.2) is 4.98 Å². The van der Waals surface area contributed by atoms with E-state index >= 15 is 0 Å². The fourth-order valence-electron chi connectivity index (χ4n) is 2.40. The first-order valence-electron chi connectivity index (χ1n) is 6.50. The minimum Gasteiger partial charge on any atom is -0.319 e. The van der Waals surface area contributed by atoms with E-state index in [1.807, 2.05) is 7.05 Å². The fourth-order valence-corrected chi connectivity index (χ4v) is 3.23. The first-order chi connectivity index (χ1) is 8.19. The molecule has 1 aliphatic rings. The van der Waals surface area contributed by atoms with E-state index in [0.717, 1.165) is 19.0 Å². The molecule has 1 N–H and O–H groups in total. The van der Waals surface area contributed by atoms with Gasteiger partial charge in [0.2, 0.25) is 0 Å². The van der Waals surface area contributed by atoms with Crippen LogP contribution in [0.3, 0.4) is 0 Å². The molecule has 1 saturated heterocycles.